The maximum atomic E-state index is 12.8. The molecule has 0 bridgehead atoms. The van der Waals surface area contributed by atoms with Crippen LogP contribution in [0, 0.1) is 0 Å². The zero-order chi connectivity index (χ0) is 47.2. The average molecular weight is 899 g/mol. The summed E-state index contributed by atoms with van der Waals surface area (Å²) in [7, 11) is 0. The fourth-order valence-electron chi connectivity index (χ4n) is 6.66. The standard InChI is InChI=1S/C59H94O6/c1-4-7-10-13-16-19-22-25-27-29-31-34-37-40-43-46-49-52-58(61)64-55-56(54-63-57(60)51-48-45-42-39-36-33-24-21-18-15-12-9-6-3)65-59(62)53-50-47-44-41-38-35-32-30-28-26-23-20-17-14-11-8-5-2/h7,9-10,12,15-16,18-19,21,24-28,31,33-34,36,40,43,56H,4-6,8,11,13-14,17,20,22-23,29-30,32,35,37-39,41-42,44-55H2,1-3H3/b10-7-,12-9-,18-15-,19-16-,24-21-,27-25-,28-26-,34-31-,36-33-,43-40-. The maximum absolute atomic E-state index is 12.8. The summed E-state index contributed by atoms with van der Waals surface area (Å²) in [4.78, 5) is 38.0. The minimum Gasteiger partial charge on any atom is -0.462 e. The van der Waals surface area contributed by atoms with Gasteiger partial charge in [-0.1, -0.05) is 213 Å². The van der Waals surface area contributed by atoms with Crippen molar-refractivity contribution in [1.29, 1.82) is 0 Å². The van der Waals surface area contributed by atoms with Crippen LogP contribution in [0.25, 0.3) is 0 Å². The van der Waals surface area contributed by atoms with Gasteiger partial charge < -0.3 is 14.2 Å². The zero-order valence-electron chi connectivity index (χ0n) is 41.7. The topological polar surface area (TPSA) is 78.9 Å². The molecule has 6 nitrogen and oxygen atoms in total. The van der Waals surface area contributed by atoms with E-state index >= 15 is 0 Å². The molecule has 0 rings (SSSR count). The van der Waals surface area contributed by atoms with E-state index < -0.39 is 6.10 Å². The lowest BCUT2D eigenvalue weighted by atomic mass is 10.1. The minimum absolute atomic E-state index is 0.121. The minimum atomic E-state index is -0.822. The highest BCUT2D eigenvalue weighted by Gasteiger charge is 2.19. The van der Waals surface area contributed by atoms with Crippen LogP contribution >= 0.6 is 0 Å². The van der Waals surface area contributed by atoms with Crippen LogP contribution in [-0.4, -0.2) is 37.2 Å². The van der Waals surface area contributed by atoms with E-state index in [1.165, 1.54) is 77.0 Å². The summed E-state index contributed by atoms with van der Waals surface area (Å²) in [6, 6.07) is 0. The Kier molecular flexibility index (Phi) is 49.1. The zero-order valence-corrected chi connectivity index (χ0v) is 41.7. The second-order valence-electron chi connectivity index (χ2n) is 16.8. The Labute approximate surface area is 399 Å². The Hall–Kier alpha value is -4.19. The van der Waals surface area contributed by atoms with Crippen molar-refractivity contribution in [3.05, 3.63) is 122 Å². The molecular weight excluding hydrogens is 805 g/mol. The van der Waals surface area contributed by atoms with Gasteiger partial charge in [0, 0.05) is 19.3 Å². The number of unbranched alkanes of at least 4 members (excludes halogenated alkanes) is 17. The SMILES string of the molecule is CC\C=C/C=C\C=C/C=C\CCCCCC(=O)OCC(COC(=O)CCC/C=C\C/C=C\C/C=C\C/C=C\C/C=C\CC)OC(=O)CCCCCCCCC/C=C\CCCCCCCC. The van der Waals surface area contributed by atoms with Crippen molar-refractivity contribution in [2.24, 2.45) is 0 Å². The van der Waals surface area contributed by atoms with Crippen molar-refractivity contribution >= 4 is 17.9 Å². The van der Waals surface area contributed by atoms with Crippen molar-refractivity contribution in [1.82, 2.24) is 0 Å². The molecule has 0 heterocycles. The number of hydrogen-bond donors (Lipinski definition) is 0. The van der Waals surface area contributed by atoms with Crippen LogP contribution in [0.3, 0.4) is 0 Å². The van der Waals surface area contributed by atoms with Gasteiger partial charge >= 0.3 is 17.9 Å². The number of rotatable bonds is 45. The van der Waals surface area contributed by atoms with Crippen molar-refractivity contribution in [3.8, 4) is 0 Å². The van der Waals surface area contributed by atoms with Gasteiger partial charge in [0.2, 0.25) is 0 Å². The predicted molar refractivity (Wildman–Crippen MR) is 279 cm³/mol. The van der Waals surface area contributed by atoms with Crippen LogP contribution in [0.5, 0.6) is 0 Å². The molecular formula is C59H94O6. The third-order valence-electron chi connectivity index (χ3n) is 10.5. The van der Waals surface area contributed by atoms with Gasteiger partial charge in [-0.05, 0) is 103 Å². The van der Waals surface area contributed by atoms with Gasteiger partial charge in [-0.3, -0.25) is 14.4 Å². The van der Waals surface area contributed by atoms with Gasteiger partial charge in [0.25, 0.3) is 0 Å². The van der Waals surface area contributed by atoms with Gasteiger partial charge in [0.1, 0.15) is 13.2 Å². The third-order valence-corrected chi connectivity index (χ3v) is 10.5. The fourth-order valence-corrected chi connectivity index (χ4v) is 6.66. The molecule has 366 valence electrons. The first-order valence-electron chi connectivity index (χ1n) is 26.1. The Bertz CT molecular complexity index is 1400. The van der Waals surface area contributed by atoms with Crippen LogP contribution in [0.15, 0.2) is 122 Å². The number of ether oxygens (including phenoxy) is 3. The van der Waals surface area contributed by atoms with Crippen molar-refractivity contribution < 1.29 is 28.6 Å². The van der Waals surface area contributed by atoms with Crippen LogP contribution in [0.2, 0.25) is 0 Å². The highest BCUT2D eigenvalue weighted by atomic mass is 16.6. The molecule has 0 aliphatic carbocycles. The van der Waals surface area contributed by atoms with Crippen molar-refractivity contribution in [2.45, 2.75) is 219 Å². The molecule has 1 atom stereocenters. The van der Waals surface area contributed by atoms with Crippen LogP contribution in [-0.2, 0) is 28.6 Å². The quantitative estimate of drug-likeness (QED) is 0.0199. The third kappa shape index (κ3) is 50.7. The second kappa shape index (κ2) is 52.4. The molecule has 65 heavy (non-hydrogen) atoms. The predicted octanol–water partition coefficient (Wildman–Crippen LogP) is 17.3. The summed E-state index contributed by atoms with van der Waals surface area (Å²) in [5, 5.41) is 0. The largest absolute Gasteiger partial charge is 0.462 e. The lowest BCUT2D eigenvalue weighted by molar-refractivity contribution is -0.167. The van der Waals surface area contributed by atoms with Gasteiger partial charge in [0.05, 0.1) is 0 Å². The molecule has 0 fully saturated rings. The Morgan fingerprint density at radius 3 is 1.22 bits per heavy atom. The molecule has 0 amide bonds. The van der Waals surface area contributed by atoms with E-state index in [1.54, 1.807) is 0 Å². The molecule has 0 aromatic heterocycles. The summed E-state index contributed by atoms with van der Waals surface area (Å²) in [5.74, 6) is -1.03. The average Bonchev–Trinajstić information content (AvgIpc) is 3.30. The van der Waals surface area contributed by atoms with E-state index in [4.69, 9.17) is 14.2 Å². The summed E-state index contributed by atoms with van der Waals surface area (Å²) in [6.07, 6.45) is 71.9. The Morgan fingerprint density at radius 2 is 0.692 bits per heavy atom. The molecule has 0 aliphatic rings. The molecule has 6 heteroatoms. The number of allylic oxidation sites excluding steroid dienone is 20. The number of hydrogen-bond acceptors (Lipinski definition) is 6. The Morgan fingerprint density at radius 1 is 0.338 bits per heavy atom. The van der Waals surface area contributed by atoms with E-state index in [1.807, 2.05) is 36.5 Å². The first kappa shape index (κ1) is 60.8. The Balaban J connectivity index is 4.55. The number of carbonyl (C=O) groups is 3. The molecule has 0 aliphatic heterocycles. The summed E-state index contributed by atoms with van der Waals surface area (Å²) in [6.45, 7) is 6.28. The normalized spacial score (nSPS) is 13.1. The van der Waals surface area contributed by atoms with Crippen LogP contribution < -0.4 is 0 Å². The highest BCUT2D eigenvalue weighted by Crippen LogP contribution is 2.13. The second-order valence-corrected chi connectivity index (χ2v) is 16.8. The molecule has 0 aromatic rings. The molecule has 1 unspecified atom stereocenters. The van der Waals surface area contributed by atoms with E-state index in [9.17, 15) is 14.4 Å². The fraction of sp³-hybridized carbons (Fsp3) is 0.610. The first-order chi connectivity index (χ1) is 32.0. The molecule has 0 saturated carbocycles. The molecule has 0 radical (unpaired) electrons. The van der Waals surface area contributed by atoms with Gasteiger partial charge in [-0.25, -0.2) is 0 Å². The summed E-state index contributed by atoms with van der Waals surface area (Å²) in [5.41, 5.74) is 0. The summed E-state index contributed by atoms with van der Waals surface area (Å²) >= 11 is 0. The van der Waals surface area contributed by atoms with E-state index in [2.05, 4.69) is 106 Å². The van der Waals surface area contributed by atoms with E-state index in [-0.39, 0.29) is 37.5 Å². The maximum Gasteiger partial charge on any atom is 0.306 e. The molecule has 0 saturated heterocycles. The highest BCUT2D eigenvalue weighted by molar-refractivity contribution is 5.71. The van der Waals surface area contributed by atoms with E-state index in [0.29, 0.717) is 19.3 Å². The van der Waals surface area contributed by atoms with Gasteiger partial charge in [-0.15, -0.1) is 0 Å². The molecule has 0 aromatic carbocycles. The van der Waals surface area contributed by atoms with Gasteiger partial charge in [-0.2, -0.15) is 0 Å². The number of esters is 3. The lowest BCUT2D eigenvalue weighted by Gasteiger charge is -2.18. The lowest BCUT2D eigenvalue weighted by Crippen LogP contribution is -2.30. The van der Waals surface area contributed by atoms with Crippen molar-refractivity contribution in [2.75, 3.05) is 13.2 Å². The van der Waals surface area contributed by atoms with Crippen molar-refractivity contribution in [3.63, 3.8) is 0 Å². The molecule has 0 N–H and O–H groups in total. The summed E-state index contributed by atoms with van der Waals surface area (Å²) < 4.78 is 16.7. The first-order valence-corrected chi connectivity index (χ1v) is 26.1. The van der Waals surface area contributed by atoms with Crippen LogP contribution in [0.1, 0.15) is 213 Å². The van der Waals surface area contributed by atoms with E-state index in [0.717, 1.165) is 89.9 Å². The number of carbonyl (C=O) groups excluding carboxylic acids is 3. The smallest absolute Gasteiger partial charge is 0.306 e. The monoisotopic (exact) mass is 899 g/mol. The van der Waals surface area contributed by atoms with Crippen LogP contribution in [0.4, 0.5) is 0 Å². The molecule has 0 spiro atoms. The van der Waals surface area contributed by atoms with Gasteiger partial charge in [0.15, 0.2) is 6.10 Å².